The third-order valence-corrected chi connectivity index (χ3v) is 2.36. The number of nitrogens with two attached hydrogens (primary N) is 1. The zero-order chi connectivity index (χ0) is 11.4. The second kappa shape index (κ2) is 5.01. The van der Waals surface area contributed by atoms with Crippen molar-refractivity contribution < 1.29 is 0 Å². The average Bonchev–Trinajstić information content (AvgIpc) is 2.75. The van der Waals surface area contributed by atoms with Crippen molar-refractivity contribution in [2.24, 2.45) is 5.73 Å². The Morgan fingerprint density at radius 2 is 2.31 bits per heavy atom. The van der Waals surface area contributed by atoms with Gasteiger partial charge < -0.3 is 11.1 Å². The van der Waals surface area contributed by atoms with Gasteiger partial charge in [0.2, 0.25) is 0 Å². The Morgan fingerprint density at radius 1 is 1.44 bits per heavy atom. The molecule has 2 aromatic rings. The maximum atomic E-state index is 5.91. The van der Waals surface area contributed by atoms with E-state index in [1.165, 1.54) is 0 Å². The Labute approximate surface area is 99.0 Å². The van der Waals surface area contributed by atoms with Gasteiger partial charge in [0.25, 0.3) is 0 Å². The Bertz CT molecular complexity index is 467. The molecular weight excluding hydrogens is 224 g/mol. The minimum atomic E-state index is 0.600. The van der Waals surface area contributed by atoms with E-state index in [-0.39, 0.29) is 0 Å². The minimum Gasteiger partial charge on any atom is -0.381 e. The maximum Gasteiger partial charge on any atom is 0.0731 e. The van der Waals surface area contributed by atoms with Gasteiger partial charge in [-0.05, 0) is 18.2 Å². The standard InChI is InChI=1S/C11H13ClN4/c12-9-2-1-3-11(6-9)16-8-10(7-15-16)14-5-4-13/h1-3,6-8,14H,4-5,13H2. The van der Waals surface area contributed by atoms with E-state index < -0.39 is 0 Å². The Morgan fingerprint density at radius 3 is 3.06 bits per heavy atom. The maximum absolute atomic E-state index is 5.91. The molecule has 0 amide bonds. The van der Waals surface area contributed by atoms with Gasteiger partial charge >= 0.3 is 0 Å². The molecule has 0 bridgehead atoms. The molecule has 4 nitrogen and oxygen atoms in total. The number of hydrogen-bond acceptors (Lipinski definition) is 3. The van der Waals surface area contributed by atoms with Crippen molar-refractivity contribution in [3.63, 3.8) is 0 Å². The van der Waals surface area contributed by atoms with Gasteiger partial charge in [0.15, 0.2) is 0 Å². The number of rotatable bonds is 4. The summed E-state index contributed by atoms with van der Waals surface area (Å²) < 4.78 is 1.77. The lowest BCUT2D eigenvalue weighted by atomic mass is 10.3. The van der Waals surface area contributed by atoms with Crippen LogP contribution in [0.1, 0.15) is 0 Å². The molecule has 0 aliphatic carbocycles. The first-order chi connectivity index (χ1) is 7.79. The van der Waals surface area contributed by atoms with Gasteiger partial charge in [0.1, 0.15) is 0 Å². The second-order valence-electron chi connectivity index (χ2n) is 3.37. The van der Waals surface area contributed by atoms with Gasteiger partial charge in [-0.1, -0.05) is 17.7 Å². The van der Waals surface area contributed by atoms with Crippen molar-refractivity contribution in [2.75, 3.05) is 18.4 Å². The van der Waals surface area contributed by atoms with Crippen molar-refractivity contribution in [1.82, 2.24) is 9.78 Å². The quantitative estimate of drug-likeness (QED) is 0.853. The van der Waals surface area contributed by atoms with Crippen LogP contribution in [0.2, 0.25) is 5.02 Å². The van der Waals surface area contributed by atoms with Crippen molar-refractivity contribution in [1.29, 1.82) is 0 Å². The summed E-state index contributed by atoms with van der Waals surface area (Å²) >= 11 is 5.91. The molecule has 0 saturated carbocycles. The average molecular weight is 237 g/mol. The van der Waals surface area contributed by atoms with Crippen LogP contribution in [0, 0.1) is 0 Å². The molecule has 0 fully saturated rings. The molecule has 1 heterocycles. The van der Waals surface area contributed by atoms with Crippen LogP contribution in [0.25, 0.3) is 5.69 Å². The van der Waals surface area contributed by atoms with E-state index in [0.717, 1.165) is 17.9 Å². The summed E-state index contributed by atoms with van der Waals surface area (Å²) in [6, 6.07) is 7.54. The van der Waals surface area contributed by atoms with E-state index >= 15 is 0 Å². The summed E-state index contributed by atoms with van der Waals surface area (Å²) in [6.07, 6.45) is 3.66. The largest absolute Gasteiger partial charge is 0.381 e. The number of benzene rings is 1. The topological polar surface area (TPSA) is 55.9 Å². The first kappa shape index (κ1) is 11.0. The highest BCUT2D eigenvalue weighted by molar-refractivity contribution is 6.30. The second-order valence-corrected chi connectivity index (χ2v) is 3.81. The van der Waals surface area contributed by atoms with E-state index in [1.807, 2.05) is 30.5 Å². The molecule has 2 rings (SSSR count). The molecule has 16 heavy (non-hydrogen) atoms. The van der Waals surface area contributed by atoms with Crippen LogP contribution in [0.5, 0.6) is 0 Å². The summed E-state index contributed by atoms with van der Waals surface area (Å²) in [5, 5.41) is 8.09. The molecule has 5 heteroatoms. The molecule has 0 aliphatic rings. The predicted molar refractivity (Wildman–Crippen MR) is 66.1 cm³/mol. The Hall–Kier alpha value is -1.52. The lowest BCUT2D eigenvalue weighted by Crippen LogP contribution is -2.12. The van der Waals surface area contributed by atoms with E-state index in [0.29, 0.717) is 11.6 Å². The van der Waals surface area contributed by atoms with Crippen LogP contribution in [-0.2, 0) is 0 Å². The summed E-state index contributed by atoms with van der Waals surface area (Å²) in [5.41, 5.74) is 7.29. The van der Waals surface area contributed by atoms with Crippen LogP contribution in [0.15, 0.2) is 36.7 Å². The van der Waals surface area contributed by atoms with Gasteiger partial charge in [0, 0.05) is 18.1 Å². The summed E-state index contributed by atoms with van der Waals surface area (Å²) in [5.74, 6) is 0. The number of hydrogen-bond donors (Lipinski definition) is 2. The summed E-state index contributed by atoms with van der Waals surface area (Å²) in [6.45, 7) is 1.34. The molecule has 0 saturated heterocycles. The zero-order valence-electron chi connectivity index (χ0n) is 8.73. The third kappa shape index (κ3) is 2.53. The van der Waals surface area contributed by atoms with Crippen molar-refractivity contribution >= 4 is 17.3 Å². The van der Waals surface area contributed by atoms with Crippen LogP contribution in [0.3, 0.4) is 0 Å². The van der Waals surface area contributed by atoms with Crippen LogP contribution < -0.4 is 11.1 Å². The van der Waals surface area contributed by atoms with Crippen molar-refractivity contribution in [3.8, 4) is 5.69 Å². The number of nitrogens with one attached hydrogen (secondary N) is 1. The van der Waals surface area contributed by atoms with E-state index in [1.54, 1.807) is 10.9 Å². The van der Waals surface area contributed by atoms with Crippen LogP contribution in [0.4, 0.5) is 5.69 Å². The van der Waals surface area contributed by atoms with Gasteiger partial charge in [-0.15, -0.1) is 0 Å². The lowest BCUT2D eigenvalue weighted by Gasteiger charge is -2.01. The third-order valence-electron chi connectivity index (χ3n) is 2.13. The van der Waals surface area contributed by atoms with Gasteiger partial charge in [-0.2, -0.15) is 5.10 Å². The fourth-order valence-electron chi connectivity index (χ4n) is 1.39. The molecule has 0 unspecified atom stereocenters. The van der Waals surface area contributed by atoms with Crippen molar-refractivity contribution in [2.45, 2.75) is 0 Å². The predicted octanol–water partition coefficient (Wildman–Crippen LogP) is 1.90. The zero-order valence-corrected chi connectivity index (χ0v) is 9.48. The van der Waals surface area contributed by atoms with Crippen LogP contribution in [-0.4, -0.2) is 22.9 Å². The SMILES string of the molecule is NCCNc1cnn(-c2cccc(Cl)c2)c1. The molecule has 0 spiro atoms. The number of nitrogens with zero attached hydrogens (tertiary/aromatic N) is 2. The highest BCUT2D eigenvalue weighted by Crippen LogP contribution is 2.15. The first-order valence-electron chi connectivity index (χ1n) is 5.04. The summed E-state index contributed by atoms with van der Waals surface area (Å²) in [7, 11) is 0. The van der Waals surface area contributed by atoms with Gasteiger partial charge in [-0.25, -0.2) is 4.68 Å². The molecule has 3 N–H and O–H groups in total. The Balaban J connectivity index is 2.18. The molecule has 84 valence electrons. The van der Waals surface area contributed by atoms with E-state index in [4.69, 9.17) is 17.3 Å². The number of anilines is 1. The van der Waals surface area contributed by atoms with E-state index in [9.17, 15) is 0 Å². The van der Waals surface area contributed by atoms with Crippen molar-refractivity contribution in [3.05, 3.63) is 41.7 Å². The summed E-state index contributed by atoms with van der Waals surface area (Å²) in [4.78, 5) is 0. The molecule has 0 radical (unpaired) electrons. The minimum absolute atomic E-state index is 0.600. The molecule has 0 atom stereocenters. The van der Waals surface area contributed by atoms with Crippen LogP contribution >= 0.6 is 11.6 Å². The first-order valence-corrected chi connectivity index (χ1v) is 5.42. The highest BCUT2D eigenvalue weighted by atomic mass is 35.5. The normalized spacial score (nSPS) is 10.4. The van der Waals surface area contributed by atoms with E-state index in [2.05, 4.69) is 10.4 Å². The van der Waals surface area contributed by atoms with Gasteiger partial charge in [-0.3, -0.25) is 0 Å². The highest BCUT2D eigenvalue weighted by Gasteiger charge is 2.00. The fraction of sp³-hybridized carbons (Fsp3) is 0.182. The fourth-order valence-corrected chi connectivity index (χ4v) is 1.57. The Kier molecular flexibility index (Phi) is 3.44. The van der Waals surface area contributed by atoms with Gasteiger partial charge in [0.05, 0.1) is 23.8 Å². The molecule has 1 aromatic carbocycles. The molecule has 0 aliphatic heterocycles. The monoisotopic (exact) mass is 236 g/mol. The molecular formula is C11H13ClN4. The lowest BCUT2D eigenvalue weighted by molar-refractivity contribution is 0.880. The number of halogens is 1. The smallest absolute Gasteiger partial charge is 0.0731 e. The number of aromatic nitrogens is 2. The molecule has 1 aromatic heterocycles.